The summed E-state index contributed by atoms with van der Waals surface area (Å²) >= 11 is 11.6. The highest BCUT2D eigenvalue weighted by Crippen LogP contribution is 2.35. The Kier molecular flexibility index (Phi) is 4.49. The Balaban J connectivity index is 2.39. The lowest BCUT2D eigenvalue weighted by atomic mass is 10.2. The molecule has 0 aliphatic rings. The number of benzene rings is 1. The molecule has 0 fully saturated rings. The lowest BCUT2D eigenvalue weighted by Crippen LogP contribution is -2.07. The molecule has 1 aromatic heterocycles. The number of pyridine rings is 1. The number of alkyl halides is 3. The van der Waals surface area contributed by atoms with Crippen LogP contribution in [0.2, 0.25) is 10.0 Å². The molecule has 2 aromatic rings. The van der Waals surface area contributed by atoms with Crippen LogP contribution in [0.4, 0.5) is 19.0 Å². The summed E-state index contributed by atoms with van der Waals surface area (Å²) in [7, 11) is 1.46. The van der Waals surface area contributed by atoms with Gasteiger partial charge < -0.3 is 10.1 Å². The van der Waals surface area contributed by atoms with Crippen LogP contribution in [0.1, 0.15) is 5.56 Å². The molecule has 3 nitrogen and oxygen atoms in total. The van der Waals surface area contributed by atoms with Crippen LogP contribution in [0.3, 0.4) is 0 Å². The first kappa shape index (κ1) is 15.7. The van der Waals surface area contributed by atoms with Gasteiger partial charge in [0.15, 0.2) is 0 Å². The second-order valence-electron chi connectivity index (χ2n) is 4.00. The van der Waals surface area contributed by atoms with Crippen LogP contribution in [0.25, 0.3) is 0 Å². The van der Waals surface area contributed by atoms with E-state index in [0.717, 1.165) is 12.1 Å². The van der Waals surface area contributed by atoms with E-state index < -0.39 is 11.7 Å². The van der Waals surface area contributed by atoms with Crippen LogP contribution in [0, 0.1) is 0 Å². The van der Waals surface area contributed by atoms with Gasteiger partial charge in [-0.15, -0.1) is 0 Å². The first-order valence-electron chi connectivity index (χ1n) is 5.69. The Morgan fingerprint density at radius 2 is 1.86 bits per heavy atom. The van der Waals surface area contributed by atoms with Gasteiger partial charge in [0.2, 0.25) is 5.88 Å². The maximum atomic E-state index is 12.8. The third kappa shape index (κ3) is 3.92. The first-order valence-corrected chi connectivity index (χ1v) is 6.45. The third-order valence-corrected chi connectivity index (χ3v) is 3.02. The summed E-state index contributed by atoms with van der Waals surface area (Å²) in [6.07, 6.45) is -4.50. The Hall–Kier alpha value is -1.66. The maximum Gasteiger partial charge on any atom is 0.416 e. The van der Waals surface area contributed by atoms with Crippen molar-refractivity contribution in [2.24, 2.45) is 0 Å². The van der Waals surface area contributed by atoms with Gasteiger partial charge in [0.1, 0.15) is 11.6 Å². The third-order valence-electron chi connectivity index (χ3n) is 2.49. The fraction of sp³-hybridized carbons (Fsp3) is 0.154. The zero-order valence-corrected chi connectivity index (χ0v) is 12.1. The quantitative estimate of drug-likeness (QED) is 0.832. The minimum Gasteiger partial charge on any atom is -0.437 e. The van der Waals surface area contributed by atoms with Crippen molar-refractivity contribution in [2.75, 3.05) is 12.4 Å². The van der Waals surface area contributed by atoms with Gasteiger partial charge in [0, 0.05) is 18.1 Å². The average molecular weight is 337 g/mol. The molecule has 0 unspecified atom stereocenters. The number of nitrogens with one attached hydrogen (secondary N) is 1. The molecule has 1 aromatic carbocycles. The van der Waals surface area contributed by atoms with E-state index in [1.807, 2.05) is 0 Å². The molecule has 0 atom stereocenters. The second-order valence-corrected chi connectivity index (χ2v) is 4.85. The van der Waals surface area contributed by atoms with Gasteiger partial charge in [-0.2, -0.15) is 18.2 Å². The lowest BCUT2D eigenvalue weighted by molar-refractivity contribution is -0.137. The van der Waals surface area contributed by atoms with Crippen LogP contribution in [-0.4, -0.2) is 12.0 Å². The fourth-order valence-electron chi connectivity index (χ4n) is 1.52. The normalized spacial score (nSPS) is 11.3. The van der Waals surface area contributed by atoms with Crippen LogP contribution >= 0.6 is 23.2 Å². The number of hydrogen-bond donors (Lipinski definition) is 1. The molecule has 2 rings (SSSR count). The maximum absolute atomic E-state index is 12.8. The molecule has 0 amide bonds. The van der Waals surface area contributed by atoms with Crippen molar-refractivity contribution in [2.45, 2.75) is 6.18 Å². The van der Waals surface area contributed by atoms with Crippen molar-refractivity contribution in [3.8, 4) is 11.6 Å². The summed E-state index contributed by atoms with van der Waals surface area (Å²) < 4.78 is 43.7. The average Bonchev–Trinajstić information content (AvgIpc) is 2.40. The van der Waals surface area contributed by atoms with Gasteiger partial charge in [0.05, 0.1) is 10.6 Å². The van der Waals surface area contributed by atoms with Gasteiger partial charge in [-0.1, -0.05) is 23.2 Å². The molecule has 112 valence electrons. The van der Waals surface area contributed by atoms with Crippen molar-refractivity contribution in [3.05, 3.63) is 45.9 Å². The number of hydrogen-bond acceptors (Lipinski definition) is 3. The molecular formula is C13H9Cl2F3N2O. The monoisotopic (exact) mass is 336 g/mol. The van der Waals surface area contributed by atoms with E-state index in [2.05, 4.69) is 10.3 Å². The van der Waals surface area contributed by atoms with Gasteiger partial charge in [-0.3, -0.25) is 0 Å². The standard InChI is InChI=1S/C13H9Cl2F3N2O/c1-19-11-4-7(13(16,17)18)5-12(20-11)21-10-3-2-8(14)6-9(10)15/h2-6H,1H3,(H,19,20). The predicted molar refractivity (Wildman–Crippen MR) is 75.3 cm³/mol. The largest absolute Gasteiger partial charge is 0.437 e. The Morgan fingerprint density at radius 1 is 1.14 bits per heavy atom. The van der Waals surface area contributed by atoms with Crippen molar-refractivity contribution >= 4 is 29.0 Å². The van der Waals surface area contributed by atoms with Crippen molar-refractivity contribution < 1.29 is 17.9 Å². The summed E-state index contributed by atoms with van der Waals surface area (Å²) in [6, 6.07) is 6.06. The highest BCUT2D eigenvalue weighted by Gasteiger charge is 2.32. The van der Waals surface area contributed by atoms with E-state index in [-0.39, 0.29) is 22.5 Å². The molecule has 0 aliphatic carbocycles. The van der Waals surface area contributed by atoms with Gasteiger partial charge in [-0.05, 0) is 24.3 Å². The van der Waals surface area contributed by atoms with Crippen LogP contribution in [0.5, 0.6) is 11.6 Å². The second kappa shape index (κ2) is 5.99. The van der Waals surface area contributed by atoms with Gasteiger partial charge >= 0.3 is 6.18 Å². The summed E-state index contributed by atoms with van der Waals surface area (Å²) in [5.41, 5.74) is -0.873. The molecule has 1 N–H and O–H groups in total. The number of ether oxygens (including phenoxy) is 1. The molecule has 0 radical (unpaired) electrons. The zero-order valence-electron chi connectivity index (χ0n) is 10.6. The Labute approximate surface area is 128 Å². The van der Waals surface area contributed by atoms with Crippen molar-refractivity contribution in [1.82, 2.24) is 4.98 Å². The lowest BCUT2D eigenvalue weighted by Gasteiger charge is -2.12. The van der Waals surface area contributed by atoms with E-state index in [9.17, 15) is 13.2 Å². The first-order chi connectivity index (χ1) is 9.79. The van der Waals surface area contributed by atoms with E-state index in [1.165, 1.54) is 25.2 Å². The minimum atomic E-state index is -4.50. The molecule has 0 saturated carbocycles. The van der Waals surface area contributed by atoms with Crippen molar-refractivity contribution in [1.29, 1.82) is 0 Å². The zero-order chi connectivity index (χ0) is 15.6. The SMILES string of the molecule is CNc1cc(C(F)(F)F)cc(Oc2ccc(Cl)cc2Cl)n1. The van der Waals surface area contributed by atoms with Crippen LogP contribution in [0.15, 0.2) is 30.3 Å². The smallest absolute Gasteiger partial charge is 0.416 e. The number of aromatic nitrogens is 1. The molecule has 0 aliphatic heterocycles. The van der Waals surface area contributed by atoms with E-state index in [0.29, 0.717) is 5.02 Å². The molecule has 21 heavy (non-hydrogen) atoms. The number of rotatable bonds is 3. The fourth-order valence-corrected chi connectivity index (χ4v) is 1.97. The highest BCUT2D eigenvalue weighted by molar-refractivity contribution is 6.35. The molecular weight excluding hydrogens is 328 g/mol. The number of anilines is 1. The summed E-state index contributed by atoms with van der Waals surface area (Å²) in [4.78, 5) is 3.90. The molecule has 1 heterocycles. The number of nitrogens with zero attached hydrogens (tertiary/aromatic N) is 1. The summed E-state index contributed by atoms with van der Waals surface area (Å²) in [5.74, 6) is -0.0294. The molecule has 0 bridgehead atoms. The van der Waals surface area contributed by atoms with Crippen LogP contribution < -0.4 is 10.1 Å². The van der Waals surface area contributed by atoms with E-state index in [1.54, 1.807) is 0 Å². The highest BCUT2D eigenvalue weighted by atomic mass is 35.5. The van der Waals surface area contributed by atoms with Gasteiger partial charge in [0.25, 0.3) is 0 Å². The molecule has 0 spiro atoms. The van der Waals surface area contributed by atoms with Crippen LogP contribution in [-0.2, 0) is 6.18 Å². The van der Waals surface area contributed by atoms with E-state index >= 15 is 0 Å². The molecule has 0 saturated heterocycles. The van der Waals surface area contributed by atoms with Crippen molar-refractivity contribution in [3.63, 3.8) is 0 Å². The summed E-state index contributed by atoms with van der Waals surface area (Å²) in [5, 5.41) is 3.11. The number of halogens is 5. The summed E-state index contributed by atoms with van der Waals surface area (Å²) in [6.45, 7) is 0. The topological polar surface area (TPSA) is 34.1 Å². The van der Waals surface area contributed by atoms with Gasteiger partial charge in [-0.25, -0.2) is 0 Å². The Morgan fingerprint density at radius 3 is 2.43 bits per heavy atom. The predicted octanol–water partition coefficient (Wildman–Crippen LogP) is 5.24. The Bertz CT molecular complexity index is 662. The minimum absolute atomic E-state index is 0.0323. The molecule has 8 heteroatoms. The van der Waals surface area contributed by atoms with E-state index in [4.69, 9.17) is 27.9 Å².